The Hall–Kier alpha value is -1.62. The van der Waals surface area contributed by atoms with Crippen LogP contribution in [0.4, 0.5) is 0 Å². The van der Waals surface area contributed by atoms with E-state index in [-0.39, 0.29) is 11.9 Å². The number of hydrogen-bond acceptors (Lipinski definition) is 3. The van der Waals surface area contributed by atoms with Crippen LogP contribution in [0.3, 0.4) is 0 Å². The van der Waals surface area contributed by atoms with Gasteiger partial charge in [0.25, 0.3) is 5.91 Å². The Morgan fingerprint density at radius 2 is 2.44 bits per heavy atom. The number of nitrogens with zero attached hydrogens (tertiary/aromatic N) is 3. The Morgan fingerprint density at radius 3 is 3.17 bits per heavy atom. The van der Waals surface area contributed by atoms with Gasteiger partial charge in [0.2, 0.25) is 0 Å². The minimum absolute atomic E-state index is 0.108. The number of rotatable bonds is 2. The highest BCUT2D eigenvalue weighted by atomic mass is 32.1. The van der Waals surface area contributed by atoms with Gasteiger partial charge in [-0.05, 0) is 18.6 Å². The summed E-state index contributed by atoms with van der Waals surface area (Å²) in [6, 6.07) is 4.35. The highest BCUT2D eigenvalue weighted by Crippen LogP contribution is 2.30. The highest BCUT2D eigenvalue weighted by molar-refractivity contribution is 7.11. The Kier molecular flexibility index (Phi) is 2.91. The van der Waals surface area contributed by atoms with E-state index < -0.39 is 0 Å². The van der Waals surface area contributed by atoms with Crippen molar-refractivity contribution < 1.29 is 4.79 Å². The van der Waals surface area contributed by atoms with Gasteiger partial charge in [-0.1, -0.05) is 6.92 Å². The molecule has 0 saturated carbocycles. The van der Waals surface area contributed by atoms with Crippen LogP contribution < -0.4 is 0 Å². The largest absolute Gasteiger partial charge is 0.348 e. The summed E-state index contributed by atoms with van der Waals surface area (Å²) in [6.45, 7) is 3.78. The first kappa shape index (κ1) is 11.5. The lowest BCUT2D eigenvalue weighted by Gasteiger charge is -2.36. The highest BCUT2D eigenvalue weighted by Gasteiger charge is 2.30. The lowest BCUT2D eigenvalue weighted by molar-refractivity contribution is 0.0622. The van der Waals surface area contributed by atoms with Gasteiger partial charge >= 0.3 is 0 Å². The van der Waals surface area contributed by atoms with E-state index in [0.717, 1.165) is 24.4 Å². The van der Waals surface area contributed by atoms with E-state index in [0.29, 0.717) is 0 Å². The van der Waals surface area contributed by atoms with Crippen molar-refractivity contribution in [3.8, 4) is 0 Å². The van der Waals surface area contributed by atoms with Crippen LogP contribution in [0.25, 0.3) is 0 Å². The number of carbonyl (C=O) groups excluding carboxylic acids is 1. The van der Waals surface area contributed by atoms with E-state index >= 15 is 0 Å². The fourth-order valence-electron chi connectivity index (χ4n) is 2.60. The summed E-state index contributed by atoms with van der Waals surface area (Å²) in [7, 11) is 0. The molecule has 5 heteroatoms. The topological polar surface area (TPSA) is 38.1 Å². The molecule has 0 radical (unpaired) electrons. The fraction of sp³-hybridized carbons (Fsp3) is 0.385. The van der Waals surface area contributed by atoms with Crippen LogP contribution in [0.15, 0.2) is 30.0 Å². The SMILES string of the molecule is CC[C@H]1c2cccn2CCN1C(=O)c1cncs1. The average Bonchev–Trinajstić information content (AvgIpc) is 3.06. The Balaban J connectivity index is 1.92. The third-order valence-corrected chi connectivity index (χ3v) is 4.22. The van der Waals surface area contributed by atoms with Gasteiger partial charge in [0.05, 0.1) is 17.7 Å². The summed E-state index contributed by atoms with van der Waals surface area (Å²) in [5.41, 5.74) is 2.95. The molecule has 1 aliphatic heterocycles. The van der Waals surface area contributed by atoms with Gasteiger partial charge in [-0.25, -0.2) is 0 Å². The van der Waals surface area contributed by atoms with Crippen molar-refractivity contribution >= 4 is 17.2 Å². The molecule has 0 aromatic carbocycles. The molecule has 1 atom stereocenters. The predicted octanol–water partition coefficient (Wildman–Crippen LogP) is 2.55. The van der Waals surface area contributed by atoms with Crippen molar-refractivity contribution in [1.82, 2.24) is 14.5 Å². The van der Waals surface area contributed by atoms with Crippen molar-refractivity contribution in [2.24, 2.45) is 0 Å². The van der Waals surface area contributed by atoms with E-state index in [2.05, 4.69) is 34.8 Å². The summed E-state index contributed by atoms with van der Waals surface area (Å²) >= 11 is 1.41. The molecule has 4 nitrogen and oxygen atoms in total. The van der Waals surface area contributed by atoms with Crippen LogP contribution in [0, 0.1) is 0 Å². The molecule has 94 valence electrons. The maximum Gasteiger partial charge on any atom is 0.266 e. The lowest BCUT2D eigenvalue weighted by atomic mass is 10.1. The molecule has 0 spiro atoms. The number of thiazole rings is 1. The predicted molar refractivity (Wildman–Crippen MR) is 70.6 cm³/mol. The summed E-state index contributed by atoms with van der Waals surface area (Å²) in [6.07, 6.45) is 4.69. The number of fused-ring (bicyclic) bond motifs is 1. The molecule has 3 rings (SSSR count). The molecular weight excluding hydrogens is 246 g/mol. The van der Waals surface area contributed by atoms with Crippen molar-refractivity contribution in [2.45, 2.75) is 25.9 Å². The van der Waals surface area contributed by atoms with Gasteiger partial charge in [0.15, 0.2) is 0 Å². The van der Waals surface area contributed by atoms with Crippen LogP contribution in [0.1, 0.15) is 34.8 Å². The maximum absolute atomic E-state index is 12.4. The zero-order valence-corrected chi connectivity index (χ0v) is 11.1. The maximum atomic E-state index is 12.4. The molecule has 2 aromatic rings. The van der Waals surface area contributed by atoms with E-state index in [9.17, 15) is 4.79 Å². The molecule has 0 unspecified atom stereocenters. The van der Waals surface area contributed by atoms with Gasteiger partial charge in [0, 0.05) is 25.0 Å². The molecule has 18 heavy (non-hydrogen) atoms. The second-order valence-corrected chi connectivity index (χ2v) is 5.30. The monoisotopic (exact) mass is 261 g/mol. The summed E-state index contributed by atoms with van der Waals surface area (Å²) in [4.78, 5) is 19.1. The Morgan fingerprint density at radius 1 is 1.56 bits per heavy atom. The van der Waals surface area contributed by atoms with Crippen LogP contribution in [-0.2, 0) is 6.54 Å². The van der Waals surface area contributed by atoms with Crippen LogP contribution in [0.5, 0.6) is 0 Å². The first-order valence-electron chi connectivity index (χ1n) is 6.15. The van der Waals surface area contributed by atoms with Crippen molar-refractivity contribution in [2.75, 3.05) is 6.54 Å². The van der Waals surface area contributed by atoms with Gasteiger partial charge in [-0.3, -0.25) is 9.78 Å². The normalized spacial score (nSPS) is 18.7. The van der Waals surface area contributed by atoms with Gasteiger partial charge in [-0.15, -0.1) is 11.3 Å². The third kappa shape index (κ3) is 1.75. The first-order chi connectivity index (χ1) is 8.81. The quantitative estimate of drug-likeness (QED) is 0.833. The van der Waals surface area contributed by atoms with Crippen LogP contribution in [-0.4, -0.2) is 26.9 Å². The molecule has 3 heterocycles. The fourth-order valence-corrected chi connectivity index (χ4v) is 3.18. The molecular formula is C13H15N3OS. The number of carbonyl (C=O) groups is 1. The molecule has 0 aliphatic carbocycles. The summed E-state index contributed by atoms with van der Waals surface area (Å²) in [5, 5.41) is 0. The number of aromatic nitrogens is 2. The zero-order chi connectivity index (χ0) is 12.5. The van der Waals surface area contributed by atoms with E-state index in [4.69, 9.17) is 0 Å². The minimum Gasteiger partial charge on any atom is -0.348 e. The van der Waals surface area contributed by atoms with E-state index in [1.807, 2.05) is 4.90 Å². The number of amides is 1. The van der Waals surface area contributed by atoms with Gasteiger partial charge in [-0.2, -0.15) is 0 Å². The molecule has 0 fully saturated rings. The molecule has 1 aliphatic rings. The third-order valence-electron chi connectivity index (χ3n) is 3.45. The summed E-state index contributed by atoms with van der Waals surface area (Å²) in [5.74, 6) is 0.108. The Labute approximate surface area is 110 Å². The molecule has 0 N–H and O–H groups in total. The first-order valence-corrected chi connectivity index (χ1v) is 7.03. The second-order valence-electron chi connectivity index (χ2n) is 4.41. The summed E-state index contributed by atoms with van der Waals surface area (Å²) < 4.78 is 2.24. The molecule has 2 aromatic heterocycles. The van der Waals surface area contributed by atoms with Gasteiger partial charge in [0.1, 0.15) is 4.88 Å². The minimum atomic E-state index is 0.108. The molecule has 0 bridgehead atoms. The zero-order valence-electron chi connectivity index (χ0n) is 10.2. The average molecular weight is 261 g/mol. The van der Waals surface area contributed by atoms with E-state index in [1.165, 1.54) is 17.0 Å². The molecule has 1 amide bonds. The van der Waals surface area contributed by atoms with Gasteiger partial charge < -0.3 is 9.47 Å². The van der Waals surface area contributed by atoms with Crippen molar-refractivity contribution in [1.29, 1.82) is 0 Å². The molecule has 0 saturated heterocycles. The van der Waals surface area contributed by atoms with Crippen LogP contribution in [0.2, 0.25) is 0 Å². The van der Waals surface area contributed by atoms with Crippen molar-refractivity contribution in [3.63, 3.8) is 0 Å². The van der Waals surface area contributed by atoms with Crippen LogP contribution >= 0.6 is 11.3 Å². The Bertz CT molecular complexity index is 546. The second kappa shape index (κ2) is 4.57. The van der Waals surface area contributed by atoms with Crippen molar-refractivity contribution in [3.05, 3.63) is 40.6 Å². The smallest absolute Gasteiger partial charge is 0.266 e. The number of hydrogen-bond donors (Lipinski definition) is 0. The standard InChI is InChI=1S/C13H15N3OS/c1-2-10-11-4-3-5-15(11)6-7-16(10)13(17)12-8-14-9-18-12/h3-5,8-10H,2,6-7H2,1H3/t10-/m0/s1. The lowest BCUT2D eigenvalue weighted by Crippen LogP contribution is -2.41. The van der Waals surface area contributed by atoms with E-state index in [1.54, 1.807) is 11.7 Å².